The highest BCUT2D eigenvalue weighted by atomic mass is 32.2. The second kappa shape index (κ2) is 4.57. The zero-order valence-corrected chi connectivity index (χ0v) is 11.3. The molecule has 3 heterocycles. The minimum Gasteiger partial charge on any atom is -0.391 e. The third-order valence-electron chi connectivity index (χ3n) is 3.55. The molecule has 1 aromatic heterocycles. The largest absolute Gasteiger partial charge is 0.391 e. The molecule has 2 aliphatic rings. The van der Waals surface area contributed by atoms with Crippen molar-refractivity contribution in [2.75, 3.05) is 0 Å². The summed E-state index contributed by atoms with van der Waals surface area (Å²) in [5.74, 6) is 0. The Balaban J connectivity index is 1.79. The molecule has 3 rings (SSSR count). The molecule has 2 saturated heterocycles. The second-order valence-corrected chi connectivity index (χ2v) is 7.39. The van der Waals surface area contributed by atoms with Gasteiger partial charge in [0.1, 0.15) is 0 Å². The van der Waals surface area contributed by atoms with Gasteiger partial charge in [-0.05, 0) is 30.7 Å². The molecule has 3 unspecified atom stereocenters. The molecule has 2 bridgehead atoms. The van der Waals surface area contributed by atoms with Crippen LogP contribution in [0.1, 0.15) is 24.1 Å². The third-order valence-corrected chi connectivity index (χ3v) is 6.16. The van der Waals surface area contributed by atoms with E-state index in [2.05, 4.69) is 4.72 Å². The molecule has 2 N–H and O–H groups in total. The van der Waals surface area contributed by atoms with Crippen LogP contribution in [0.4, 0.5) is 0 Å². The SMILES string of the molecule is O=S(=O)(NC1CC2CCC1O2)c1ccsc1CO. The van der Waals surface area contributed by atoms with E-state index in [-0.39, 0.29) is 29.8 Å². The summed E-state index contributed by atoms with van der Waals surface area (Å²) in [6.07, 6.45) is 2.93. The molecule has 18 heavy (non-hydrogen) atoms. The summed E-state index contributed by atoms with van der Waals surface area (Å²) in [5, 5.41) is 10.8. The highest BCUT2D eigenvalue weighted by Gasteiger charge is 2.42. The highest BCUT2D eigenvalue weighted by Crippen LogP contribution is 2.35. The molecule has 2 aliphatic heterocycles. The van der Waals surface area contributed by atoms with Gasteiger partial charge >= 0.3 is 0 Å². The number of sulfonamides is 1. The van der Waals surface area contributed by atoms with Crippen molar-refractivity contribution in [3.63, 3.8) is 0 Å². The van der Waals surface area contributed by atoms with Crippen LogP contribution in [0, 0.1) is 0 Å². The summed E-state index contributed by atoms with van der Waals surface area (Å²) in [6, 6.07) is 1.41. The number of rotatable bonds is 4. The molecule has 7 heteroatoms. The Hall–Kier alpha value is -0.470. The van der Waals surface area contributed by atoms with Crippen LogP contribution in [-0.2, 0) is 21.4 Å². The smallest absolute Gasteiger partial charge is 0.242 e. The number of nitrogens with one attached hydrogen (secondary N) is 1. The Morgan fingerprint density at radius 1 is 1.50 bits per heavy atom. The second-order valence-electron chi connectivity index (χ2n) is 4.70. The van der Waals surface area contributed by atoms with Crippen molar-refractivity contribution in [1.29, 1.82) is 0 Å². The van der Waals surface area contributed by atoms with Gasteiger partial charge in [0.2, 0.25) is 10.0 Å². The lowest BCUT2D eigenvalue weighted by molar-refractivity contribution is 0.0996. The van der Waals surface area contributed by atoms with Gasteiger partial charge in [-0.2, -0.15) is 0 Å². The molecule has 0 radical (unpaired) electrons. The number of fused-ring (bicyclic) bond motifs is 2. The van der Waals surface area contributed by atoms with Gasteiger partial charge in [0.25, 0.3) is 0 Å². The predicted molar refractivity (Wildman–Crippen MR) is 66.9 cm³/mol. The van der Waals surface area contributed by atoms with E-state index in [1.165, 1.54) is 17.4 Å². The maximum atomic E-state index is 12.2. The number of aliphatic hydroxyl groups excluding tert-OH is 1. The fourth-order valence-electron chi connectivity index (χ4n) is 2.71. The highest BCUT2D eigenvalue weighted by molar-refractivity contribution is 7.89. The lowest BCUT2D eigenvalue weighted by atomic mass is 9.96. The fraction of sp³-hybridized carbons (Fsp3) is 0.636. The quantitative estimate of drug-likeness (QED) is 0.861. The minimum atomic E-state index is -3.55. The average molecular weight is 289 g/mol. The summed E-state index contributed by atoms with van der Waals surface area (Å²) in [4.78, 5) is 0.671. The van der Waals surface area contributed by atoms with Gasteiger partial charge < -0.3 is 9.84 Å². The molecule has 0 aromatic carbocycles. The summed E-state index contributed by atoms with van der Waals surface area (Å²) in [5.41, 5.74) is 0. The third kappa shape index (κ3) is 2.10. The number of hydrogen-bond acceptors (Lipinski definition) is 5. The van der Waals surface area contributed by atoms with E-state index >= 15 is 0 Å². The molecular formula is C11H15NO4S2. The van der Waals surface area contributed by atoms with E-state index in [4.69, 9.17) is 9.84 Å². The Kier molecular flexibility index (Phi) is 3.19. The molecule has 0 saturated carbocycles. The van der Waals surface area contributed by atoms with Crippen molar-refractivity contribution in [3.05, 3.63) is 16.3 Å². The molecule has 2 fully saturated rings. The molecular weight excluding hydrogens is 274 g/mol. The topological polar surface area (TPSA) is 75.6 Å². The van der Waals surface area contributed by atoms with E-state index in [0.29, 0.717) is 4.88 Å². The summed E-state index contributed by atoms with van der Waals surface area (Å²) >= 11 is 1.25. The molecule has 5 nitrogen and oxygen atoms in total. The van der Waals surface area contributed by atoms with Crippen LogP contribution in [0.2, 0.25) is 0 Å². The van der Waals surface area contributed by atoms with E-state index in [1.807, 2.05) is 0 Å². The summed E-state index contributed by atoms with van der Waals surface area (Å²) < 4.78 is 32.8. The summed E-state index contributed by atoms with van der Waals surface area (Å²) in [6.45, 7) is -0.249. The van der Waals surface area contributed by atoms with Gasteiger partial charge in [-0.25, -0.2) is 13.1 Å². The molecule has 0 aliphatic carbocycles. The van der Waals surface area contributed by atoms with Crippen LogP contribution in [0.3, 0.4) is 0 Å². The number of hydrogen-bond donors (Lipinski definition) is 2. The van der Waals surface area contributed by atoms with Crippen molar-refractivity contribution in [1.82, 2.24) is 4.72 Å². The van der Waals surface area contributed by atoms with Crippen molar-refractivity contribution < 1.29 is 18.3 Å². The van der Waals surface area contributed by atoms with E-state index in [0.717, 1.165) is 19.3 Å². The van der Waals surface area contributed by atoms with E-state index < -0.39 is 10.0 Å². The van der Waals surface area contributed by atoms with E-state index in [9.17, 15) is 8.42 Å². The van der Waals surface area contributed by atoms with Crippen molar-refractivity contribution in [3.8, 4) is 0 Å². The number of thiophene rings is 1. The lowest BCUT2D eigenvalue weighted by Gasteiger charge is -2.19. The number of ether oxygens (including phenoxy) is 1. The van der Waals surface area contributed by atoms with Gasteiger partial charge in [0.05, 0.1) is 29.8 Å². The van der Waals surface area contributed by atoms with Gasteiger partial charge in [-0.3, -0.25) is 0 Å². The Labute approximate surface area is 110 Å². The van der Waals surface area contributed by atoms with Crippen LogP contribution >= 0.6 is 11.3 Å². The number of aliphatic hydroxyl groups is 1. The van der Waals surface area contributed by atoms with Crippen LogP contribution in [0.5, 0.6) is 0 Å². The van der Waals surface area contributed by atoms with E-state index in [1.54, 1.807) is 5.38 Å². The van der Waals surface area contributed by atoms with Crippen LogP contribution < -0.4 is 4.72 Å². The zero-order valence-electron chi connectivity index (χ0n) is 9.70. The van der Waals surface area contributed by atoms with Gasteiger partial charge in [-0.15, -0.1) is 11.3 Å². The van der Waals surface area contributed by atoms with Crippen molar-refractivity contribution >= 4 is 21.4 Å². The normalized spacial score (nSPS) is 31.1. The molecule has 0 amide bonds. The average Bonchev–Trinajstić information content (AvgIpc) is 3.03. The Morgan fingerprint density at radius 2 is 2.33 bits per heavy atom. The minimum absolute atomic E-state index is 0.0148. The van der Waals surface area contributed by atoms with Crippen molar-refractivity contribution in [2.45, 2.75) is 49.0 Å². The first-order valence-electron chi connectivity index (χ1n) is 5.95. The molecule has 0 spiro atoms. The Morgan fingerprint density at radius 3 is 2.94 bits per heavy atom. The first-order chi connectivity index (χ1) is 8.60. The standard InChI is InChI=1S/C11H15NO4S2/c13-6-10-11(3-4-17-10)18(14,15)12-8-5-7-1-2-9(8)16-7/h3-4,7-9,12-13H,1-2,5-6H2. The first-order valence-corrected chi connectivity index (χ1v) is 8.31. The van der Waals surface area contributed by atoms with Crippen molar-refractivity contribution in [2.24, 2.45) is 0 Å². The maximum Gasteiger partial charge on any atom is 0.242 e. The van der Waals surface area contributed by atoms with Crippen LogP contribution in [-0.4, -0.2) is 31.8 Å². The van der Waals surface area contributed by atoms with Crippen LogP contribution in [0.15, 0.2) is 16.3 Å². The van der Waals surface area contributed by atoms with Gasteiger partial charge in [-0.1, -0.05) is 0 Å². The maximum absolute atomic E-state index is 12.2. The first kappa shape index (κ1) is 12.6. The van der Waals surface area contributed by atoms with Gasteiger partial charge in [0.15, 0.2) is 0 Å². The molecule has 3 atom stereocenters. The van der Waals surface area contributed by atoms with Crippen LogP contribution in [0.25, 0.3) is 0 Å². The Bertz CT molecular complexity index is 539. The fourth-order valence-corrected chi connectivity index (χ4v) is 5.28. The predicted octanol–water partition coefficient (Wildman–Crippen LogP) is 0.839. The molecule has 1 aromatic rings. The zero-order chi connectivity index (χ0) is 12.8. The lowest BCUT2D eigenvalue weighted by Crippen LogP contribution is -2.41. The summed E-state index contributed by atoms with van der Waals surface area (Å²) in [7, 11) is -3.55. The monoisotopic (exact) mass is 289 g/mol. The van der Waals surface area contributed by atoms with Gasteiger partial charge in [0, 0.05) is 4.88 Å². The molecule has 100 valence electrons.